The zero-order valence-corrected chi connectivity index (χ0v) is 15.1. The van der Waals surface area contributed by atoms with Crippen molar-refractivity contribution in [1.82, 2.24) is 9.97 Å². The van der Waals surface area contributed by atoms with E-state index in [-0.39, 0.29) is 22.2 Å². The molecule has 0 spiro atoms. The fourth-order valence-corrected chi connectivity index (χ4v) is 3.17. The predicted molar refractivity (Wildman–Crippen MR) is 99.8 cm³/mol. The first kappa shape index (κ1) is 18.8. The van der Waals surface area contributed by atoms with Crippen LogP contribution in [0.3, 0.4) is 0 Å². The van der Waals surface area contributed by atoms with Gasteiger partial charge >= 0.3 is 0 Å². The zero-order valence-electron chi connectivity index (χ0n) is 14.2. The summed E-state index contributed by atoms with van der Waals surface area (Å²) in [5.41, 5.74) is 5.45. The van der Waals surface area contributed by atoms with Crippen molar-refractivity contribution in [2.75, 3.05) is 4.72 Å². The number of primary amides is 1. The number of amides is 1. The Kier molecular flexibility index (Phi) is 5.19. The number of furan rings is 1. The maximum Gasteiger partial charge on any atom is 0.264 e. The Morgan fingerprint density at radius 3 is 2.43 bits per heavy atom. The van der Waals surface area contributed by atoms with E-state index in [2.05, 4.69) is 14.7 Å². The average Bonchev–Trinajstić information content (AvgIpc) is 3.15. The summed E-state index contributed by atoms with van der Waals surface area (Å²) in [7, 11) is -3.84. The first-order valence-electron chi connectivity index (χ1n) is 7.81. The quantitative estimate of drug-likeness (QED) is 0.478. The van der Waals surface area contributed by atoms with E-state index < -0.39 is 15.9 Å². The highest BCUT2D eigenvalue weighted by molar-refractivity contribution is 7.92. The van der Waals surface area contributed by atoms with Gasteiger partial charge in [0.25, 0.3) is 15.9 Å². The molecule has 0 saturated heterocycles. The highest BCUT2D eigenvalue weighted by atomic mass is 32.2. The number of nitriles is 1. The molecule has 0 aliphatic heterocycles. The zero-order chi connectivity index (χ0) is 20.1. The molecule has 10 heteroatoms. The molecule has 1 amide bonds. The van der Waals surface area contributed by atoms with Gasteiger partial charge in [0, 0.05) is 24.0 Å². The van der Waals surface area contributed by atoms with Crippen molar-refractivity contribution in [2.24, 2.45) is 5.73 Å². The molecule has 28 heavy (non-hydrogen) atoms. The van der Waals surface area contributed by atoms with Gasteiger partial charge in [-0.3, -0.25) is 4.79 Å². The standard InChI is InChI=1S/C18H13N5O4S/c19-11-13(17(20)24)10-14-4-7-16(27-14)12-2-5-15(6-3-12)28(25,26)23-18-21-8-1-9-22-18/h1-10H,(H2,20,24)(H,21,22,23)/b13-10+. The summed E-state index contributed by atoms with van der Waals surface area (Å²) in [5, 5.41) is 8.86. The number of hydrogen-bond donors (Lipinski definition) is 2. The van der Waals surface area contributed by atoms with Gasteiger partial charge in [0.05, 0.1) is 4.90 Å². The van der Waals surface area contributed by atoms with Gasteiger partial charge in [-0.2, -0.15) is 5.26 Å². The van der Waals surface area contributed by atoms with Crippen LogP contribution in [-0.2, 0) is 14.8 Å². The number of aromatic nitrogens is 2. The van der Waals surface area contributed by atoms with Crippen LogP contribution in [0, 0.1) is 11.3 Å². The highest BCUT2D eigenvalue weighted by Crippen LogP contribution is 2.25. The largest absolute Gasteiger partial charge is 0.457 e. The number of carbonyl (C=O) groups excluding carboxylic acids is 1. The molecule has 9 nitrogen and oxygen atoms in total. The second kappa shape index (κ2) is 7.73. The second-order valence-electron chi connectivity index (χ2n) is 5.44. The van der Waals surface area contributed by atoms with Crippen LogP contribution < -0.4 is 10.5 Å². The van der Waals surface area contributed by atoms with Crippen molar-refractivity contribution in [1.29, 1.82) is 5.26 Å². The SMILES string of the molecule is N#C/C(=C\c1ccc(-c2ccc(S(=O)(=O)Nc3ncccn3)cc2)o1)C(N)=O. The molecule has 3 aromatic rings. The van der Waals surface area contributed by atoms with Gasteiger partial charge < -0.3 is 10.2 Å². The molecule has 1 aromatic carbocycles. The lowest BCUT2D eigenvalue weighted by Crippen LogP contribution is -2.14. The van der Waals surface area contributed by atoms with Crippen molar-refractivity contribution in [2.45, 2.75) is 4.90 Å². The summed E-state index contributed by atoms with van der Waals surface area (Å²) in [6, 6.07) is 12.4. The lowest BCUT2D eigenvalue weighted by Gasteiger charge is -2.06. The number of benzene rings is 1. The maximum absolute atomic E-state index is 12.4. The van der Waals surface area contributed by atoms with Crippen molar-refractivity contribution >= 4 is 28.0 Å². The van der Waals surface area contributed by atoms with Crippen LogP contribution in [0.4, 0.5) is 5.95 Å². The van der Waals surface area contributed by atoms with Gasteiger partial charge in [0.15, 0.2) is 0 Å². The molecule has 0 radical (unpaired) electrons. The molecular weight excluding hydrogens is 382 g/mol. The molecule has 2 aromatic heterocycles. The predicted octanol–water partition coefficient (Wildman–Crippen LogP) is 1.93. The Labute approximate surface area is 160 Å². The van der Waals surface area contributed by atoms with Crippen molar-refractivity contribution in [3.63, 3.8) is 0 Å². The second-order valence-corrected chi connectivity index (χ2v) is 7.12. The van der Waals surface area contributed by atoms with Crippen LogP contribution in [0.5, 0.6) is 0 Å². The van der Waals surface area contributed by atoms with Crippen molar-refractivity contribution < 1.29 is 17.6 Å². The van der Waals surface area contributed by atoms with Gasteiger partial charge in [-0.15, -0.1) is 0 Å². The third-order valence-electron chi connectivity index (χ3n) is 3.54. The molecule has 2 heterocycles. The van der Waals surface area contributed by atoms with Crippen LogP contribution in [0.1, 0.15) is 5.76 Å². The van der Waals surface area contributed by atoms with Gasteiger partial charge in [-0.1, -0.05) is 0 Å². The lowest BCUT2D eigenvalue weighted by molar-refractivity contribution is -0.114. The van der Waals surface area contributed by atoms with E-state index in [1.807, 2.05) is 0 Å². The molecule has 3 rings (SSSR count). The molecule has 0 fully saturated rings. The number of anilines is 1. The van der Waals surface area contributed by atoms with Gasteiger partial charge in [-0.25, -0.2) is 23.1 Å². The number of carbonyl (C=O) groups is 1. The maximum atomic E-state index is 12.4. The molecule has 0 unspecified atom stereocenters. The summed E-state index contributed by atoms with van der Waals surface area (Å²) in [4.78, 5) is 18.8. The van der Waals surface area contributed by atoms with E-state index in [1.165, 1.54) is 30.6 Å². The smallest absolute Gasteiger partial charge is 0.264 e. The first-order chi connectivity index (χ1) is 13.4. The average molecular weight is 395 g/mol. The fraction of sp³-hybridized carbons (Fsp3) is 0. The molecule has 0 bridgehead atoms. The number of nitrogens with one attached hydrogen (secondary N) is 1. The topological polar surface area (TPSA) is 152 Å². The Bertz CT molecular complexity index is 1180. The van der Waals surface area contributed by atoms with E-state index in [1.54, 1.807) is 36.4 Å². The minimum atomic E-state index is -3.84. The van der Waals surface area contributed by atoms with Crippen LogP contribution in [0.15, 0.2) is 69.7 Å². The number of sulfonamides is 1. The van der Waals surface area contributed by atoms with Crippen LogP contribution in [-0.4, -0.2) is 24.3 Å². The monoisotopic (exact) mass is 395 g/mol. The van der Waals surface area contributed by atoms with Crippen LogP contribution in [0.2, 0.25) is 0 Å². The Morgan fingerprint density at radius 1 is 1.14 bits per heavy atom. The Morgan fingerprint density at radius 2 is 1.82 bits per heavy atom. The van der Waals surface area contributed by atoms with E-state index in [4.69, 9.17) is 15.4 Å². The van der Waals surface area contributed by atoms with E-state index in [0.29, 0.717) is 11.3 Å². The van der Waals surface area contributed by atoms with Crippen LogP contribution in [0.25, 0.3) is 17.4 Å². The summed E-state index contributed by atoms with van der Waals surface area (Å²) in [6.45, 7) is 0. The number of nitrogens with two attached hydrogens (primary N) is 1. The van der Waals surface area contributed by atoms with Gasteiger partial charge in [-0.05, 0) is 42.5 Å². The number of hydrogen-bond acceptors (Lipinski definition) is 7. The highest BCUT2D eigenvalue weighted by Gasteiger charge is 2.16. The van der Waals surface area contributed by atoms with Crippen molar-refractivity contribution in [3.8, 4) is 17.4 Å². The molecule has 0 aliphatic rings. The molecule has 0 aliphatic carbocycles. The van der Waals surface area contributed by atoms with Gasteiger partial charge in [0.2, 0.25) is 5.95 Å². The summed E-state index contributed by atoms with van der Waals surface area (Å²) in [5.74, 6) is -0.192. The molecule has 140 valence electrons. The Balaban J connectivity index is 1.82. The fourth-order valence-electron chi connectivity index (χ4n) is 2.22. The first-order valence-corrected chi connectivity index (χ1v) is 9.29. The normalized spacial score (nSPS) is 11.6. The van der Waals surface area contributed by atoms with Crippen molar-refractivity contribution in [3.05, 3.63) is 66.2 Å². The lowest BCUT2D eigenvalue weighted by atomic mass is 10.2. The molecule has 3 N–H and O–H groups in total. The van der Waals surface area contributed by atoms with Crippen LogP contribution >= 0.6 is 0 Å². The minimum Gasteiger partial charge on any atom is -0.457 e. The number of rotatable bonds is 6. The van der Waals surface area contributed by atoms with Gasteiger partial charge in [0.1, 0.15) is 23.2 Å². The third kappa shape index (κ3) is 4.22. The summed E-state index contributed by atoms with van der Waals surface area (Å²) >= 11 is 0. The Hall–Kier alpha value is -3.97. The minimum absolute atomic E-state index is 0.0240. The third-order valence-corrected chi connectivity index (χ3v) is 4.88. The van der Waals surface area contributed by atoms with E-state index in [0.717, 1.165) is 0 Å². The summed E-state index contributed by atoms with van der Waals surface area (Å²) in [6.07, 6.45) is 4.08. The molecular formula is C18H13N5O4S. The van der Waals surface area contributed by atoms with E-state index >= 15 is 0 Å². The molecule has 0 saturated carbocycles. The number of nitrogens with zero attached hydrogens (tertiary/aromatic N) is 3. The summed E-state index contributed by atoms with van der Waals surface area (Å²) < 4.78 is 32.6. The van der Waals surface area contributed by atoms with E-state index in [9.17, 15) is 13.2 Å². The molecule has 0 atom stereocenters.